The summed E-state index contributed by atoms with van der Waals surface area (Å²) >= 11 is 1.28. The van der Waals surface area contributed by atoms with E-state index in [0.29, 0.717) is 27.7 Å². The maximum absolute atomic E-state index is 12.4. The van der Waals surface area contributed by atoms with Gasteiger partial charge in [0.05, 0.1) is 11.6 Å². The highest BCUT2D eigenvalue weighted by atomic mass is 32.1. The average molecular weight is 430 g/mol. The topological polar surface area (TPSA) is 94.7 Å². The molecule has 0 saturated carbocycles. The number of fused-ring (bicyclic) bond motifs is 1. The number of rotatable bonds is 6. The van der Waals surface area contributed by atoms with Crippen molar-refractivity contribution in [3.05, 3.63) is 29.3 Å². The first-order valence-corrected chi connectivity index (χ1v) is 10.9. The molecule has 3 aromatic rings. The predicted molar refractivity (Wildman–Crippen MR) is 118 cm³/mol. The lowest BCUT2D eigenvalue weighted by Gasteiger charge is -2.33. The molecule has 160 valence electrons. The Labute approximate surface area is 179 Å². The summed E-state index contributed by atoms with van der Waals surface area (Å²) in [6.07, 6.45) is 1.56. The molecule has 0 aliphatic carbocycles. The molecule has 2 aromatic heterocycles. The Kier molecular flexibility index (Phi) is 5.77. The van der Waals surface area contributed by atoms with E-state index in [4.69, 9.17) is 4.52 Å². The lowest BCUT2D eigenvalue weighted by molar-refractivity contribution is 0.0915. The third-order valence-corrected chi connectivity index (χ3v) is 6.41. The molecule has 8 nitrogen and oxygen atoms in total. The predicted octanol–water partition coefficient (Wildman–Crippen LogP) is 2.45. The molecule has 0 radical (unpaired) electrons. The normalized spacial score (nSPS) is 15.7. The van der Waals surface area contributed by atoms with E-state index in [2.05, 4.69) is 38.4 Å². The first-order valence-electron chi connectivity index (χ1n) is 10.0. The van der Waals surface area contributed by atoms with Crippen LogP contribution in [0.4, 0.5) is 5.69 Å². The summed E-state index contributed by atoms with van der Waals surface area (Å²) in [7, 11) is 2.14. The van der Waals surface area contributed by atoms with Gasteiger partial charge in [-0.15, -0.1) is 11.3 Å². The summed E-state index contributed by atoms with van der Waals surface area (Å²) in [6, 6.07) is 6.13. The molecular weight excluding hydrogens is 402 g/mol. The van der Waals surface area contributed by atoms with E-state index in [1.54, 1.807) is 6.20 Å². The Hall–Kier alpha value is -2.49. The summed E-state index contributed by atoms with van der Waals surface area (Å²) in [5.41, 5.74) is 2.12. The molecule has 4 rings (SSSR count). The lowest BCUT2D eigenvalue weighted by Crippen LogP contribution is -2.44. The first-order chi connectivity index (χ1) is 14.4. The standard InChI is InChI=1S/C21H27N5O3S/c1-21(2,13-27)12-23-19(28)17-11-22-20(30-17)18-15-5-4-14(10-16(15)29-24-18)26-8-6-25(3)7-9-26/h4-5,10-11,27H,6-9,12-13H2,1-3H3,(H,23,28). The second-order valence-corrected chi connectivity index (χ2v) is 9.57. The van der Waals surface area contributed by atoms with Crippen LogP contribution >= 0.6 is 11.3 Å². The van der Waals surface area contributed by atoms with Crippen molar-refractivity contribution in [3.8, 4) is 10.7 Å². The van der Waals surface area contributed by atoms with Gasteiger partial charge in [-0.1, -0.05) is 19.0 Å². The van der Waals surface area contributed by atoms with E-state index < -0.39 is 0 Å². The number of likely N-dealkylation sites (N-methyl/N-ethyl adjacent to an activating group) is 1. The minimum Gasteiger partial charge on any atom is -0.396 e. The molecule has 2 N–H and O–H groups in total. The molecule has 0 bridgehead atoms. The van der Waals surface area contributed by atoms with Crippen LogP contribution in [0, 0.1) is 5.41 Å². The number of aliphatic hydroxyl groups excluding tert-OH is 1. The van der Waals surface area contributed by atoms with Crippen molar-refractivity contribution in [2.75, 3.05) is 51.3 Å². The number of carbonyl (C=O) groups is 1. The maximum Gasteiger partial charge on any atom is 0.263 e. The van der Waals surface area contributed by atoms with Gasteiger partial charge in [-0.3, -0.25) is 4.79 Å². The molecule has 0 atom stereocenters. The molecule has 1 fully saturated rings. The molecule has 1 amide bonds. The number of nitrogens with one attached hydrogen (secondary N) is 1. The number of carbonyl (C=O) groups excluding carboxylic acids is 1. The zero-order valence-corrected chi connectivity index (χ0v) is 18.3. The minimum absolute atomic E-state index is 0.00225. The van der Waals surface area contributed by atoms with Crippen molar-refractivity contribution in [2.24, 2.45) is 5.41 Å². The highest BCUT2D eigenvalue weighted by Crippen LogP contribution is 2.33. The number of anilines is 1. The Morgan fingerprint density at radius 3 is 2.80 bits per heavy atom. The van der Waals surface area contributed by atoms with Crippen molar-refractivity contribution < 1.29 is 14.4 Å². The van der Waals surface area contributed by atoms with Gasteiger partial charge in [-0.05, 0) is 19.2 Å². The second kappa shape index (κ2) is 8.33. The molecule has 1 aliphatic rings. The number of benzene rings is 1. The Morgan fingerprint density at radius 1 is 1.30 bits per heavy atom. The van der Waals surface area contributed by atoms with Crippen LogP contribution in [0.5, 0.6) is 0 Å². The number of piperazine rings is 1. The quantitative estimate of drug-likeness (QED) is 0.621. The molecule has 1 aromatic carbocycles. The number of aromatic nitrogens is 2. The molecule has 1 aliphatic heterocycles. The number of hydrogen-bond acceptors (Lipinski definition) is 8. The van der Waals surface area contributed by atoms with Crippen LogP contribution in [0.1, 0.15) is 23.5 Å². The fourth-order valence-corrected chi connectivity index (χ4v) is 4.12. The number of hydrogen-bond donors (Lipinski definition) is 2. The van der Waals surface area contributed by atoms with Crippen LogP contribution in [0.2, 0.25) is 0 Å². The largest absolute Gasteiger partial charge is 0.396 e. The van der Waals surface area contributed by atoms with Gasteiger partial charge in [0, 0.05) is 56.5 Å². The van der Waals surface area contributed by atoms with Crippen molar-refractivity contribution in [1.82, 2.24) is 20.4 Å². The number of nitrogens with zero attached hydrogens (tertiary/aromatic N) is 4. The van der Waals surface area contributed by atoms with Crippen molar-refractivity contribution in [3.63, 3.8) is 0 Å². The fourth-order valence-electron chi connectivity index (χ4n) is 3.29. The van der Waals surface area contributed by atoms with Gasteiger partial charge in [-0.2, -0.15) is 0 Å². The van der Waals surface area contributed by atoms with Crippen molar-refractivity contribution in [2.45, 2.75) is 13.8 Å². The molecule has 0 spiro atoms. The van der Waals surface area contributed by atoms with Crippen molar-refractivity contribution in [1.29, 1.82) is 0 Å². The lowest BCUT2D eigenvalue weighted by atomic mass is 9.95. The van der Waals surface area contributed by atoms with E-state index in [0.717, 1.165) is 37.3 Å². The summed E-state index contributed by atoms with van der Waals surface area (Å²) in [4.78, 5) is 22.0. The smallest absolute Gasteiger partial charge is 0.263 e. The summed E-state index contributed by atoms with van der Waals surface area (Å²) in [5.74, 6) is -0.203. The number of aliphatic hydroxyl groups is 1. The highest BCUT2D eigenvalue weighted by Gasteiger charge is 2.21. The van der Waals surface area contributed by atoms with E-state index in [-0.39, 0.29) is 17.9 Å². The van der Waals surface area contributed by atoms with Crippen LogP contribution in [-0.4, -0.2) is 72.4 Å². The SMILES string of the molecule is CN1CCN(c2ccc3c(-c4ncc(C(=O)NCC(C)(C)CO)s4)noc3c2)CC1. The maximum atomic E-state index is 12.4. The monoisotopic (exact) mass is 429 g/mol. The van der Waals surface area contributed by atoms with Crippen LogP contribution in [-0.2, 0) is 0 Å². The fraction of sp³-hybridized carbons (Fsp3) is 0.476. The Bertz CT molecular complexity index is 1040. The van der Waals surface area contributed by atoms with Crippen LogP contribution < -0.4 is 10.2 Å². The van der Waals surface area contributed by atoms with Gasteiger partial charge in [0.2, 0.25) is 0 Å². The molecule has 30 heavy (non-hydrogen) atoms. The Morgan fingerprint density at radius 2 is 2.07 bits per heavy atom. The number of amides is 1. The van der Waals surface area contributed by atoms with Gasteiger partial charge in [0.15, 0.2) is 5.58 Å². The van der Waals surface area contributed by atoms with Crippen LogP contribution in [0.15, 0.2) is 28.9 Å². The third kappa shape index (κ3) is 4.33. The second-order valence-electron chi connectivity index (χ2n) is 8.54. The Balaban J connectivity index is 1.51. The van der Waals surface area contributed by atoms with Gasteiger partial charge < -0.3 is 24.7 Å². The number of thiazole rings is 1. The third-order valence-electron chi connectivity index (χ3n) is 5.41. The molecular formula is C21H27N5O3S. The molecule has 9 heteroatoms. The van der Waals surface area contributed by atoms with E-state index >= 15 is 0 Å². The zero-order valence-electron chi connectivity index (χ0n) is 17.5. The van der Waals surface area contributed by atoms with Crippen LogP contribution in [0.25, 0.3) is 21.7 Å². The van der Waals surface area contributed by atoms with Gasteiger partial charge in [0.25, 0.3) is 5.91 Å². The van der Waals surface area contributed by atoms with Gasteiger partial charge in [-0.25, -0.2) is 4.98 Å². The molecule has 1 saturated heterocycles. The van der Waals surface area contributed by atoms with E-state index in [1.165, 1.54) is 11.3 Å². The van der Waals surface area contributed by atoms with Gasteiger partial charge in [0.1, 0.15) is 15.6 Å². The first kappa shape index (κ1) is 20.8. The highest BCUT2D eigenvalue weighted by molar-refractivity contribution is 7.17. The average Bonchev–Trinajstić information content (AvgIpc) is 3.39. The van der Waals surface area contributed by atoms with E-state index in [1.807, 2.05) is 26.0 Å². The van der Waals surface area contributed by atoms with E-state index in [9.17, 15) is 9.90 Å². The van der Waals surface area contributed by atoms with Crippen LogP contribution in [0.3, 0.4) is 0 Å². The van der Waals surface area contributed by atoms with Gasteiger partial charge >= 0.3 is 0 Å². The summed E-state index contributed by atoms with van der Waals surface area (Å²) in [6.45, 7) is 8.23. The zero-order chi connectivity index (χ0) is 21.3. The molecule has 3 heterocycles. The summed E-state index contributed by atoms with van der Waals surface area (Å²) in [5, 5.41) is 17.9. The minimum atomic E-state index is -0.368. The van der Waals surface area contributed by atoms with Crippen molar-refractivity contribution >= 4 is 33.9 Å². The molecule has 0 unspecified atom stereocenters. The summed E-state index contributed by atoms with van der Waals surface area (Å²) < 4.78 is 5.58.